The Labute approximate surface area is 194 Å². The number of aromatic hydroxyl groups is 1. The van der Waals surface area contributed by atoms with Gasteiger partial charge in [0.2, 0.25) is 5.43 Å². The van der Waals surface area contributed by atoms with Crippen LogP contribution in [0.5, 0.6) is 5.75 Å². The van der Waals surface area contributed by atoms with E-state index < -0.39 is 11.2 Å². The molecule has 0 saturated heterocycles. The average Bonchev–Trinajstić information content (AvgIpc) is 3.34. The Kier molecular flexibility index (Phi) is 13.2. The highest BCUT2D eigenvalue weighted by molar-refractivity contribution is 5.57. The summed E-state index contributed by atoms with van der Waals surface area (Å²) >= 11 is 0. The standard InChI is InChI=1S/C16H15FN4O2.C6H6.2C2H6/c17-12-5-3-11(4-6-12)2-1-8-21-9-7-18-16(21)14-15(23)13(22)10-19-20-14;1-2-4-6-5-3-1;2*1-2/h3-7,9-10H,1-2,8H2,(H,19,23)(H,20,22);1-6H;2*1-2H3. The van der Waals surface area contributed by atoms with E-state index in [0.717, 1.165) is 24.6 Å². The van der Waals surface area contributed by atoms with Gasteiger partial charge in [-0.1, -0.05) is 76.2 Å². The highest BCUT2D eigenvalue weighted by atomic mass is 19.1. The van der Waals surface area contributed by atoms with Gasteiger partial charge in [-0.25, -0.2) is 9.37 Å². The van der Waals surface area contributed by atoms with Crippen molar-refractivity contribution >= 4 is 0 Å². The van der Waals surface area contributed by atoms with Crippen LogP contribution in [0.1, 0.15) is 39.7 Å². The van der Waals surface area contributed by atoms with Gasteiger partial charge in [0.1, 0.15) is 11.5 Å². The maximum Gasteiger partial charge on any atom is 0.242 e. The molecule has 0 radical (unpaired) electrons. The zero-order valence-electron chi connectivity index (χ0n) is 19.7. The lowest BCUT2D eigenvalue weighted by Gasteiger charge is -2.08. The molecule has 0 aliphatic heterocycles. The van der Waals surface area contributed by atoms with Crippen LogP contribution < -0.4 is 5.43 Å². The molecule has 0 amide bonds. The van der Waals surface area contributed by atoms with Crippen LogP contribution in [0.3, 0.4) is 0 Å². The number of aromatic amines is 1. The molecule has 2 aromatic carbocycles. The largest absolute Gasteiger partial charge is 0.503 e. The van der Waals surface area contributed by atoms with E-state index in [-0.39, 0.29) is 11.5 Å². The Bertz CT molecular complexity index is 1050. The number of halogens is 1. The third kappa shape index (κ3) is 9.11. The minimum Gasteiger partial charge on any atom is -0.503 e. The number of benzene rings is 2. The summed E-state index contributed by atoms with van der Waals surface area (Å²) in [6.45, 7) is 8.64. The molecule has 2 heterocycles. The monoisotopic (exact) mass is 452 g/mol. The molecule has 7 heteroatoms. The van der Waals surface area contributed by atoms with Gasteiger partial charge in [0, 0.05) is 18.9 Å². The minimum atomic E-state index is -0.556. The number of rotatable bonds is 5. The second-order valence-corrected chi connectivity index (χ2v) is 6.29. The first-order chi connectivity index (χ1) is 16.1. The molecular formula is C26H33FN4O2. The number of hydrogen-bond acceptors (Lipinski definition) is 4. The predicted octanol–water partition coefficient (Wildman–Crippen LogP) is 5.85. The molecule has 176 valence electrons. The summed E-state index contributed by atoms with van der Waals surface area (Å²) in [6, 6.07) is 18.4. The maximum absolute atomic E-state index is 12.9. The van der Waals surface area contributed by atoms with Crippen molar-refractivity contribution in [3.05, 3.63) is 101 Å². The Morgan fingerprint density at radius 2 is 1.55 bits per heavy atom. The van der Waals surface area contributed by atoms with Gasteiger partial charge in [-0.3, -0.25) is 9.89 Å². The molecule has 6 nitrogen and oxygen atoms in total. The van der Waals surface area contributed by atoms with Crippen LogP contribution in [-0.4, -0.2) is 24.9 Å². The fraction of sp³-hybridized carbons (Fsp3) is 0.269. The minimum absolute atomic E-state index is 0.198. The van der Waals surface area contributed by atoms with Crippen LogP contribution in [0.4, 0.5) is 4.39 Å². The fourth-order valence-corrected chi connectivity index (χ4v) is 2.76. The van der Waals surface area contributed by atoms with Crippen molar-refractivity contribution in [1.82, 2.24) is 19.7 Å². The summed E-state index contributed by atoms with van der Waals surface area (Å²) in [5.74, 6) is -0.195. The molecule has 0 spiro atoms. The van der Waals surface area contributed by atoms with E-state index in [2.05, 4.69) is 15.2 Å². The Hall–Kier alpha value is -3.74. The van der Waals surface area contributed by atoms with Gasteiger partial charge in [0.15, 0.2) is 11.6 Å². The molecular weight excluding hydrogens is 419 g/mol. The van der Waals surface area contributed by atoms with E-state index in [0.29, 0.717) is 12.4 Å². The molecule has 0 fully saturated rings. The predicted molar refractivity (Wildman–Crippen MR) is 132 cm³/mol. The SMILES string of the molecule is CC.CC.O=c1cn[nH]c(-c2nccn2CCCc2ccc(F)cc2)c1O.c1ccccc1. The summed E-state index contributed by atoms with van der Waals surface area (Å²) in [7, 11) is 0. The number of imidazole rings is 1. The molecule has 0 aliphatic carbocycles. The van der Waals surface area contributed by atoms with Crippen LogP contribution in [0.2, 0.25) is 0 Å². The normalized spacial score (nSPS) is 9.36. The number of hydrogen-bond donors (Lipinski definition) is 2. The van der Waals surface area contributed by atoms with Gasteiger partial charge < -0.3 is 9.67 Å². The maximum atomic E-state index is 12.9. The second kappa shape index (κ2) is 16.0. The quantitative estimate of drug-likeness (QED) is 0.398. The first-order valence-electron chi connectivity index (χ1n) is 11.2. The zero-order valence-corrected chi connectivity index (χ0v) is 19.7. The number of H-pyrrole nitrogens is 1. The fourth-order valence-electron chi connectivity index (χ4n) is 2.76. The molecule has 0 saturated carbocycles. The topological polar surface area (TPSA) is 83.8 Å². The van der Waals surface area contributed by atoms with Crippen molar-refractivity contribution < 1.29 is 9.50 Å². The zero-order chi connectivity index (χ0) is 24.5. The summed E-state index contributed by atoms with van der Waals surface area (Å²) in [5, 5.41) is 16.2. The molecule has 2 aromatic heterocycles. The van der Waals surface area contributed by atoms with Crippen molar-refractivity contribution in [3.63, 3.8) is 0 Å². The van der Waals surface area contributed by atoms with E-state index in [1.54, 1.807) is 24.5 Å². The third-order valence-electron chi connectivity index (χ3n) is 4.21. The van der Waals surface area contributed by atoms with Crippen molar-refractivity contribution in [2.45, 2.75) is 47.1 Å². The van der Waals surface area contributed by atoms with Crippen molar-refractivity contribution in [1.29, 1.82) is 0 Å². The number of aromatic nitrogens is 4. The lowest BCUT2D eigenvalue weighted by molar-refractivity contribution is 0.466. The van der Waals surface area contributed by atoms with Gasteiger partial charge in [-0.15, -0.1) is 0 Å². The number of nitrogens with one attached hydrogen (secondary N) is 1. The van der Waals surface area contributed by atoms with E-state index in [4.69, 9.17) is 0 Å². The highest BCUT2D eigenvalue weighted by Gasteiger charge is 2.13. The summed E-state index contributed by atoms with van der Waals surface area (Å²) < 4.78 is 14.7. The van der Waals surface area contributed by atoms with Crippen LogP contribution in [0.25, 0.3) is 11.5 Å². The van der Waals surface area contributed by atoms with E-state index in [1.807, 2.05) is 68.7 Å². The van der Waals surface area contributed by atoms with Gasteiger partial charge in [0.25, 0.3) is 0 Å². The van der Waals surface area contributed by atoms with Crippen LogP contribution in [-0.2, 0) is 13.0 Å². The van der Waals surface area contributed by atoms with Gasteiger partial charge in [0.05, 0.1) is 6.20 Å². The Morgan fingerprint density at radius 1 is 0.970 bits per heavy atom. The summed E-state index contributed by atoms with van der Waals surface area (Å²) in [4.78, 5) is 15.6. The van der Waals surface area contributed by atoms with Crippen LogP contribution >= 0.6 is 0 Å². The number of aryl methyl sites for hydroxylation is 2. The summed E-state index contributed by atoms with van der Waals surface area (Å²) in [5.41, 5.74) is 0.689. The lowest BCUT2D eigenvalue weighted by atomic mass is 10.1. The van der Waals surface area contributed by atoms with Crippen molar-refractivity contribution in [2.24, 2.45) is 0 Å². The molecule has 0 atom stereocenters. The van der Waals surface area contributed by atoms with E-state index >= 15 is 0 Å². The smallest absolute Gasteiger partial charge is 0.242 e. The van der Waals surface area contributed by atoms with Crippen LogP contribution in [0, 0.1) is 5.82 Å². The lowest BCUT2D eigenvalue weighted by Crippen LogP contribution is -2.08. The molecule has 0 bridgehead atoms. The highest BCUT2D eigenvalue weighted by Crippen LogP contribution is 2.21. The molecule has 33 heavy (non-hydrogen) atoms. The second-order valence-electron chi connectivity index (χ2n) is 6.29. The molecule has 0 unspecified atom stereocenters. The molecule has 4 rings (SSSR count). The van der Waals surface area contributed by atoms with Crippen LogP contribution in [0.15, 0.2) is 84.0 Å². The Morgan fingerprint density at radius 3 is 2.12 bits per heavy atom. The molecule has 2 N–H and O–H groups in total. The molecule has 0 aliphatic rings. The van der Waals surface area contributed by atoms with Gasteiger partial charge in [-0.2, -0.15) is 5.10 Å². The van der Waals surface area contributed by atoms with E-state index in [9.17, 15) is 14.3 Å². The van der Waals surface area contributed by atoms with Crippen molar-refractivity contribution in [3.8, 4) is 17.3 Å². The summed E-state index contributed by atoms with van der Waals surface area (Å²) in [6.07, 6.45) is 5.97. The van der Waals surface area contributed by atoms with Gasteiger partial charge >= 0.3 is 0 Å². The van der Waals surface area contributed by atoms with E-state index in [1.165, 1.54) is 12.1 Å². The van der Waals surface area contributed by atoms with Crippen molar-refractivity contribution in [2.75, 3.05) is 0 Å². The first-order valence-corrected chi connectivity index (χ1v) is 11.2. The first kappa shape index (κ1) is 27.3. The average molecular weight is 453 g/mol. The van der Waals surface area contributed by atoms with Gasteiger partial charge in [-0.05, 0) is 30.5 Å². The third-order valence-corrected chi connectivity index (χ3v) is 4.21. The number of nitrogens with zero attached hydrogens (tertiary/aromatic N) is 3. The Balaban J connectivity index is 0.000000460. The molecule has 4 aromatic rings.